The van der Waals surface area contributed by atoms with Crippen LogP contribution in [0.2, 0.25) is 0 Å². The summed E-state index contributed by atoms with van der Waals surface area (Å²) in [5, 5.41) is 3.77. The molecule has 0 aliphatic heterocycles. The van der Waals surface area contributed by atoms with Crippen molar-refractivity contribution in [2.45, 2.75) is 4.90 Å². The normalized spacial score (nSPS) is 11.7. The minimum Gasteiger partial charge on any atom is -0.493 e. The van der Waals surface area contributed by atoms with Crippen LogP contribution in [0, 0.1) is 0 Å². The standard InChI is InChI=1S/C17H17N3O7S/c1-24-14-6-10(7-15(25-2)16(14)26-3)9-18-20-28(22,23)11-4-5-12-13(8-11)27-17(21)19-12/h4-9,20H,1-3H3,(H,19,21)/b18-9+. The Balaban J connectivity index is 1.85. The van der Waals surface area contributed by atoms with Crippen LogP contribution in [-0.4, -0.2) is 40.9 Å². The molecule has 2 N–H and O–H groups in total. The zero-order chi connectivity index (χ0) is 20.3. The summed E-state index contributed by atoms with van der Waals surface area (Å²) >= 11 is 0. The van der Waals surface area contributed by atoms with Crippen LogP contribution in [0.5, 0.6) is 17.2 Å². The summed E-state index contributed by atoms with van der Waals surface area (Å²) in [6.45, 7) is 0. The van der Waals surface area contributed by atoms with Crippen LogP contribution in [0.1, 0.15) is 5.56 Å². The molecule has 11 heteroatoms. The van der Waals surface area contributed by atoms with Crippen molar-refractivity contribution in [2.75, 3.05) is 21.3 Å². The molecule has 0 unspecified atom stereocenters. The number of hydrogen-bond acceptors (Lipinski definition) is 8. The van der Waals surface area contributed by atoms with Crippen molar-refractivity contribution in [1.82, 2.24) is 9.82 Å². The molecule has 3 rings (SSSR count). The fraction of sp³-hybridized carbons (Fsp3) is 0.176. The van der Waals surface area contributed by atoms with E-state index in [0.29, 0.717) is 28.3 Å². The van der Waals surface area contributed by atoms with Crippen LogP contribution in [0.15, 0.2) is 49.5 Å². The van der Waals surface area contributed by atoms with Crippen molar-refractivity contribution in [3.05, 3.63) is 46.4 Å². The van der Waals surface area contributed by atoms with Crippen molar-refractivity contribution >= 4 is 27.3 Å². The summed E-state index contributed by atoms with van der Waals surface area (Å²) < 4.78 is 45.4. The van der Waals surface area contributed by atoms with Crippen LogP contribution in [0.25, 0.3) is 11.1 Å². The van der Waals surface area contributed by atoms with E-state index in [1.54, 1.807) is 12.1 Å². The lowest BCUT2D eigenvalue weighted by Crippen LogP contribution is -2.18. The number of sulfonamides is 1. The van der Waals surface area contributed by atoms with Gasteiger partial charge in [-0.25, -0.2) is 9.63 Å². The predicted octanol–water partition coefficient (Wildman–Crippen LogP) is 1.46. The Morgan fingerprint density at radius 1 is 1.07 bits per heavy atom. The molecule has 1 aromatic heterocycles. The van der Waals surface area contributed by atoms with Crippen molar-refractivity contribution in [3.8, 4) is 17.2 Å². The summed E-state index contributed by atoms with van der Waals surface area (Å²) in [5.74, 6) is 0.542. The molecule has 2 aromatic carbocycles. The van der Waals surface area contributed by atoms with Gasteiger partial charge in [-0.05, 0) is 24.3 Å². The summed E-state index contributed by atoms with van der Waals surface area (Å²) in [4.78, 5) is 15.6. The quantitative estimate of drug-likeness (QED) is 0.447. The SMILES string of the molecule is COc1cc(/C=N/NS(=O)(=O)c2ccc3[nH]c(=O)oc3c2)cc(OC)c1OC. The van der Waals surface area contributed by atoms with Gasteiger partial charge in [0.25, 0.3) is 10.0 Å². The van der Waals surface area contributed by atoms with E-state index in [1.807, 2.05) is 0 Å². The number of benzene rings is 2. The van der Waals surface area contributed by atoms with Gasteiger partial charge in [0.1, 0.15) is 0 Å². The molecule has 1 heterocycles. The highest BCUT2D eigenvalue weighted by Crippen LogP contribution is 2.37. The third-order valence-corrected chi connectivity index (χ3v) is 5.00. The first-order chi connectivity index (χ1) is 13.4. The van der Waals surface area contributed by atoms with Gasteiger partial charge < -0.3 is 18.6 Å². The number of methoxy groups -OCH3 is 3. The van der Waals surface area contributed by atoms with Crippen LogP contribution in [-0.2, 0) is 10.0 Å². The van der Waals surface area contributed by atoms with E-state index in [-0.39, 0.29) is 10.5 Å². The van der Waals surface area contributed by atoms with Gasteiger partial charge in [-0.15, -0.1) is 0 Å². The Hall–Kier alpha value is -3.47. The summed E-state index contributed by atoms with van der Waals surface area (Å²) in [7, 11) is 0.447. The third-order valence-electron chi connectivity index (χ3n) is 3.78. The molecule has 0 aliphatic rings. The number of fused-ring (bicyclic) bond motifs is 1. The zero-order valence-corrected chi connectivity index (χ0v) is 16.0. The van der Waals surface area contributed by atoms with Gasteiger partial charge in [0.2, 0.25) is 5.75 Å². The number of hydrazone groups is 1. The van der Waals surface area contributed by atoms with Crippen LogP contribution in [0.4, 0.5) is 0 Å². The van der Waals surface area contributed by atoms with E-state index in [0.717, 1.165) is 0 Å². The van der Waals surface area contributed by atoms with Crippen LogP contribution in [0.3, 0.4) is 0 Å². The van der Waals surface area contributed by atoms with Gasteiger partial charge in [0, 0.05) is 11.6 Å². The average molecular weight is 407 g/mol. The molecule has 0 saturated carbocycles. The lowest BCUT2D eigenvalue weighted by molar-refractivity contribution is 0.324. The van der Waals surface area contributed by atoms with Gasteiger partial charge in [-0.1, -0.05) is 0 Å². The molecule has 0 radical (unpaired) electrons. The van der Waals surface area contributed by atoms with Gasteiger partial charge >= 0.3 is 5.76 Å². The number of aromatic nitrogens is 1. The van der Waals surface area contributed by atoms with Crippen LogP contribution < -0.4 is 24.8 Å². The number of ether oxygens (including phenoxy) is 3. The first kappa shape index (κ1) is 19.3. The Labute approximate surface area is 159 Å². The highest BCUT2D eigenvalue weighted by atomic mass is 32.2. The van der Waals surface area contributed by atoms with Gasteiger partial charge in [0.05, 0.1) is 38.0 Å². The van der Waals surface area contributed by atoms with E-state index < -0.39 is 15.8 Å². The maximum atomic E-state index is 12.4. The van der Waals surface area contributed by atoms with E-state index in [2.05, 4.69) is 14.9 Å². The molecule has 148 valence electrons. The van der Waals surface area contributed by atoms with Crippen molar-refractivity contribution in [2.24, 2.45) is 5.10 Å². The number of rotatable bonds is 7. The Morgan fingerprint density at radius 2 is 1.75 bits per heavy atom. The summed E-state index contributed by atoms with van der Waals surface area (Å²) in [5.41, 5.74) is 1.04. The minimum atomic E-state index is -3.97. The number of H-pyrrole nitrogens is 1. The molecule has 0 atom stereocenters. The maximum absolute atomic E-state index is 12.4. The molecule has 10 nitrogen and oxygen atoms in total. The molecule has 0 amide bonds. The number of oxazole rings is 1. The van der Waals surface area contributed by atoms with Gasteiger partial charge in [-0.2, -0.15) is 13.5 Å². The second-order valence-electron chi connectivity index (χ2n) is 5.48. The molecule has 28 heavy (non-hydrogen) atoms. The lowest BCUT2D eigenvalue weighted by atomic mass is 10.2. The first-order valence-electron chi connectivity index (χ1n) is 7.85. The Kier molecular flexibility index (Phi) is 5.27. The average Bonchev–Trinajstić information content (AvgIpc) is 3.06. The van der Waals surface area contributed by atoms with E-state index in [1.165, 1.54) is 45.7 Å². The fourth-order valence-electron chi connectivity index (χ4n) is 2.49. The topological polar surface area (TPSA) is 132 Å². The third kappa shape index (κ3) is 3.78. The minimum absolute atomic E-state index is 0.107. The van der Waals surface area contributed by atoms with Gasteiger partial charge in [0.15, 0.2) is 17.1 Å². The Bertz CT molecular complexity index is 1170. The smallest absolute Gasteiger partial charge is 0.417 e. The second kappa shape index (κ2) is 7.64. The van der Waals surface area contributed by atoms with E-state index in [4.69, 9.17) is 18.6 Å². The number of nitrogens with one attached hydrogen (secondary N) is 2. The molecular formula is C17H17N3O7S. The van der Waals surface area contributed by atoms with Crippen molar-refractivity contribution < 1.29 is 27.0 Å². The van der Waals surface area contributed by atoms with E-state index >= 15 is 0 Å². The summed E-state index contributed by atoms with van der Waals surface area (Å²) in [6, 6.07) is 7.20. The predicted molar refractivity (Wildman–Crippen MR) is 101 cm³/mol. The lowest BCUT2D eigenvalue weighted by Gasteiger charge is -2.12. The van der Waals surface area contributed by atoms with Crippen molar-refractivity contribution in [3.63, 3.8) is 0 Å². The molecule has 0 spiro atoms. The zero-order valence-electron chi connectivity index (χ0n) is 15.2. The number of aromatic amines is 1. The monoisotopic (exact) mass is 407 g/mol. The molecule has 0 fully saturated rings. The molecule has 3 aromatic rings. The van der Waals surface area contributed by atoms with E-state index in [9.17, 15) is 13.2 Å². The number of hydrogen-bond donors (Lipinski definition) is 2. The van der Waals surface area contributed by atoms with Crippen molar-refractivity contribution in [1.29, 1.82) is 0 Å². The Morgan fingerprint density at radius 3 is 2.36 bits per heavy atom. The molecule has 0 saturated heterocycles. The summed E-state index contributed by atoms with van der Waals surface area (Å²) in [6.07, 6.45) is 1.29. The highest BCUT2D eigenvalue weighted by Gasteiger charge is 2.16. The molecule has 0 bridgehead atoms. The second-order valence-corrected chi connectivity index (χ2v) is 7.14. The highest BCUT2D eigenvalue weighted by molar-refractivity contribution is 7.89. The van der Waals surface area contributed by atoms with Crippen LogP contribution >= 0.6 is 0 Å². The maximum Gasteiger partial charge on any atom is 0.417 e. The largest absolute Gasteiger partial charge is 0.493 e. The van der Waals surface area contributed by atoms with Gasteiger partial charge in [-0.3, -0.25) is 4.98 Å². The fourth-order valence-corrected chi connectivity index (χ4v) is 3.30. The number of nitrogens with zero attached hydrogens (tertiary/aromatic N) is 1. The first-order valence-corrected chi connectivity index (χ1v) is 9.34. The molecule has 0 aliphatic carbocycles. The molecular weight excluding hydrogens is 390 g/mol.